The lowest BCUT2D eigenvalue weighted by molar-refractivity contribution is -0.126. The van der Waals surface area contributed by atoms with Crippen LogP contribution in [0, 0.1) is 0 Å². The Hall–Kier alpha value is -1.75. The van der Waals surface area contributed by atoms with E-state index in [0.29, 0.717) is 20.8 Å². The zero-order valence-corrected chi connectivity index (χ0v) is 14.2. The molecule has 2 aromatic rings. The molecule has 0 fully saturated rings. The number of benzene rings is 2. The first-order valence-corrected chi connectivity index (χ1v) is 7.84. The fraction of sp³-hybridized carbons (Fsp3) is 0.125. The van der Waals surface area contributed by atoms with Gasteiger partial charge in [0.05, 0.1) is 10.0 Å². The molecule has 0 atom stereocenters. The van der Waals surface area contributed by atoms with Crippen LogP contribution in [0.1, 0.15) is 12.0 Å². The van der Waals surface area contributed by atoms with Crippen LogP contribution in [0.5, 0.6) is 0 Å². The summed E-state index contributed by atoms with van der Waals surface area (Å²) in [5.74, 6) is -0.845. The van der Waals surface area contributed by atoms with Crippen molar-refractivity contribution in [3.63, 3.8) is 0 Å². The standard InChI is InChI=1S/C16H13Cl3N2O2/c17-12-4-2-1-3-10(12)9-20-15(22)8-16(23)21-11-5-6-13(18)14(19)7-11/h1-7H,8-9H2,(H,20,22)(H,21,23). The Morgan fingerprint density at radius 1 is 0.870 bits per heavy atom. The largest absolute Gasteiger partial charge is 0.352 e. The molecule has 0 spiro atoms. The van der Waals surface area contributed by atoms with E-state index in [-0.39, 0.29) is 13.0 Å². The molecular weight excluding hydrogens is 359 g/mol. The van der Waals surface area contributed by atoms with Crippen LogP contribution in [-0.4, -0.2) is 11.8 Å². The number of carbonyl (C=O) groups is 2. The van der Waals surface area contributed by atoms with E-state index in [2.05, 4.69) is 10.6 Å². The van der Waals surface area contributed by atoms with Gasteiger partial charge in [-0.05, 0) is 29.8 Å². The third-order valence-electron chi connectivity index (χ3n) is 2.96. The molecule has 0 aliphatic carbocycles. The van der Waals surface area contributed by atoms with Gasteiger partial charge in [-0.3, -0.25) is 9.59 Å². The van der Waals surface area contributed by atoms with E-state index >= 15 is 0 Å². The van der Waals surface area contributed by atoms with Crippen molar-refractivity contribution in [1.82, 2.24) is 5.32 Å². The highest BCUT2D eigenvalue weighted by atomic mass is 35.5. The van der Waals surface area contributed by atoms with Crippen LogP contribution in [0.3, 0.4) is 0 Å². The number of anilines is 1. The van der Waals surface area contributed by atoms with E-state index in [1.54, 1.807) is 30.3 Å². The van der Waals surface area contributed by atoms with Gasteiger partial charge < -0.3 is 10.6 Å². The minimum atomic E-state index is -0.444. The lowest BCUT2D eigenvalue weighted by Gasteiger charge is -2.08. The maximum atomic E-state index is 11.8. The summed E-state index contributed by atoms with van der Waals surface area (Å²) < 4.78 is 0. The van der Waals surface area contributed by atoms with Crippen LogP contribution < -0.4 is 10.6 Å². The summed E-state index contributed by atoms with van der Waals surface area (Å²) in [7, 11) is 0. The fourth-order valence-electron chi connectivity index (χ4n) is 1.82. The quantitative estimate of drug-likeness (QED) is 0.770. The number of halogens is 3. The molecule has 23 heavy (non-hydrogen) atoms. The molecule has 7 heteroatoms. The van der Waals surface area contributed by atoms with Gasteiger partial charge in [-0.15, -0.1) is 0 Å². The second kappa shape index (κ2) is 8.20. The van der Waals surface area contributed by atoms with Crippen LogP contribution in [-0.2, 0) is 16.1 Å². The number of hydrogen-bond acceptors (Lipinski definition) is 2. The first-order valence-electron chi connectivity index (χ1n) is 6.70. The molecule has 2 aromatic carbocycles. The lowest BCUT2D eigenvalue weighted by Crippen LogP contribution is -2.27. The molecule has 0 aromatic heterocycles. The zero-order valence-electron chi connectivity index (χ0n) is 11.9. The summed E-state index contributed by atoms with van der Waals surface area (Å²) in [6.07, 6.45) is -0.301. The summed E-state index contributed by atoms with van der Waals surface area (Å²) >= 11 is 17.6. The Bertz CT molecular complexity index is 735. The Kier molecular flexibility index (Phi) is 6.28. The van der Waals surface area contributed by atoms with E-state index < -0.39 is 11.8 Å². The Morgan fingerprint density at radius 2 is 1.61 bits per heavy atom. The van der Waals surface area contributed by atoms with E-state index in [9.17, 15) is 9.59 Å². The van der Waals surface area contributed by atoms with Crippen molar-refractivity contribution in [3.05, 3.63) is 63.1 Å². The molecule has 0 unspecified atom stereocenters. The van der Waals surface area contributed by atoms with Crippen LogP contribution >= 0.6 is 34.8 Å². The smallest absolute Gasteiger partial charge is 0.233 e. The minimum Gasteiger partial charge on any atom is -0.352 e. The monoisotopic (exact) mass is 370 g/mol. The predicted octanol–water partition coefficient (Wildman–Crippen LogP) is 4.29. The maximum absolute atomic E-state index is 11.8. The van der Waals surface area contributed by atoms with E-state index in [1.165, 1.54) is 6.07 Å². The van der Waals surface area contributed by atoms with Crippen molar-refractivity contribution in [1.29, 1.82) is 0 Å². The number of amides is 2. The van der Waals surface area contributed by atoms with Crippen LogP contribution in [0.15, 0.2) is 42.5 Å². The molecule has 0 bridgehead atoms. The molecule has 0 aliphatic rings. The third-order valence-corrected chi connectivity index (χ3v) is 4.07. The van der Waals surface area contributed by atoms with Crippen molar-refractivity contribution >= 4 is 52.3 Å². The molecule has 0 saturated heterocycles. The molecule has 4 nitrogen and oxygen atoms in total. The highest BCUT2D eigenvalue weighted by Gasteiger charge is 2.11. The molecule has 0 saturated carbocycles. The van der Waals surface area contributed by atoms with Gasteiger partial charge in [-0.1, -0.05) is 53.0 Å². The average molecular weight is 372 g/mol. The lowest BCUT2D eigenvalue weighted by atomic mass is 10.2. The van der Waals surface area contributed by atoms with Gasteiger partial charge in [0.15, 0.2) is 0 Å². The summed E-state index contributed by atoms with van der Waals surface area (Å²) in [5, 5.41) is 6.51. The van der Waals surface area contributed by atoms with Crippen LogP contribution in [0.2, 0.25) is 15.1 Å². The number of nitrogens with one attached hydrogen (secondary N) is 2. The van der Waals surface area contributed by atoms with Crippen LogP contribution in [0.4, 0.5) is 5.69 Å². The van der Waals surface area contributed by atoms with Gasteiger partial charge in [0.2, 0.25) is 11.8 Å². The van der Waals surface area contributed by atoms with Gasteiger partial charge in [0, 0.05) is 17.3 Å². The third kappa shape index (κ3) is 5.43. The number of hydrogen-bond donors (Lipinski definition) is 2. The first-order chi connectivity index (χ1) is 11.0. The Labute approximate surface area is 148 Å². The first kappa shape index (κ1) is 17.6. The second-order valence-corrected chi connectivity index (χ2v) is 5.94. The summed E-state index contributed by atoms with van der Waals surface area (Å²) in [5.41, 5.74) is 1.26. The van der Waals surface area contributed by atoms with Gasteiger partial charge >= 0.3 is 0 Å². The van der Waals surface area contributed by atoms with Gasteiger partial charge in [-0.2, -0.15) is 0 Å². The molecule has 2 N–H and O–H groups in total. The highest BCUT2D eigenvalue weighted by molar-refractivity contribution is 6.42. The van der Waals surface area contributed by atoms with E-state index in [4.69, 9.17) is 34.8 Å². The highest BCUT2D eigenvalue weighted by Crippen LogP contribution is 2.25. The number of carbonyl (C=O) groups excluding carboxylic acids is 2. The Morgan fingerprint density at radius 3 is 2.30 bits per heavy atom. The average Bonchev–Trinajstić information content (AvgIpc) is 2.50. The molecular formula is C16H13Cl3N2O2. The molecule has 0 aliphatic heterocycles. The van der Waals surface area contributed by atoms with E-state index in [1.807, 2.05) is 6.07 Å². The molecule has 0 radical (unpaired) electrons. The second-order valence-electron chi connectivity index (χ2n) is 4.72. The maximum Gasteiger partial charge on any atom is 0.233 e. The van der Waals surface area contributed by atoms with Crippen molar-refractivity contribution in [2.75, 3.05) is 5.32 Å². The van der Waals surface area contributed by atoms with Gasteiger partial charge in [-0.25, -0.2) is 0 Å². The summed E-state index contributed by atoms with van der Waals surface area (Å²) in [6.45, 7) is 0.262. The van der Waals surface area contributed by atoms with Crippen molar-refractivity contribution < 1.29 is 9.59 Å². The Balaban J connectivity index is 1.84. The molecule has 120 valence electrons. The zero-order chi connectivity index (χ0) is 16.8. The van der Waals surface area contributed by atoms with E-state index in [0.717, 1.165) is 5.56 Å². The fourth-order valence-corrected chi connectivity index (χ4v) is 2.32. The molecule has 0 heterocycles. The van der Waals surface area contributed by atoms with Crippen molar-refractivity contribution in [3.8, 4) is 0 Å². The predicted molar refractivity (Wildman–Crippen MR) is 93.0 cm³/mol. The normalized spacial score (nSPS) is 10.2. The number of rotatable bonds is 5. The summed E-state index contributed by atoms with van der Waals surface area (Å²) in [6, 6.07) is 11.9. The molecule has 2 rings (SSSR count). The SMILES string of the molecule is O=C(CC(=O)Nc1ccc(Cl)c(Cl)c1)NCc1ccccc1Cl. The topological polar surface area (TPSA) is 58.2 Å². The van der Waals surface area contributed by atoms with Crippen molar-refractivity contribution in [2.24, 2.45) is 0 Å². The van der Waals surface area contributed by atoms with Gasteiger partial charge in [0.1, 0.15) is 6.42 Å². The molecule has 2 amide bonds. The van der Waals surface area contributed by atoms with Crippen LogP contribution in [0.25, 0.3) is 0 Å². The van der Waals surface area contributed by atoms with Gasteiger partial charge in [0.25, 0.3) is 0 Å². The summed E-state index contributed by atoms with van der Waals surface area (Å²) in [4.78, 5) is 23.6. The van der Waals surface area contributed by atoms with Crippen molar-refractivity contribution in [2.45, 2.75) is 13.0 Å². The minimum absolute atomic E-state index is 0.262.